The molecule has 2 rings (SSSR count). The first-order valence-electron chi connectivity index (χ1n) is 7.21. The smallest absolute Gasteiger partial charge is 0.419 e. The molecule has 0 spiro atoms. The molecule has 114 valence electrons. The lowest BCUT2D eigenvalue weighted by Gasteiger charge is -2.10. The lowest BCUT2D eigenvalue weighted by atomic mass is 10.1. The van der Waals surface area contributed by atoms with Crippen LogP contribution in [0, 0.1) is 0 Å². The number of aryl methyl sites for hydroxylation is 2. The number of benzene rings is 1. The van der Waals surface area contributed by atoms with Gasteiger partial charge in [-0.2, -0.15) is 0 Å². The highest BCUT2D eigenvalue weighted by Gasteiger charge is 2.07. The standard InChI is InChI=1S/C16H21NO4/c1-11(2)20-13-9-7-12(8-10-13)5-3-4-6-14-15(18)17-16(19)21-14/h7-11,18H,3-6H2,1-2H3,(H,17,19). The molecule has 0 saturated carbocycles. The maximum Gasteiger partial charge on any atom is 0.419 e. The van der Waals surface area contributed by atoms with Crippen molar-refractivity contribution in [2.24, 2.45) is 0 Å². The van der Waals surface area contributed by atoms with Gasteiger partial charge in [0.1, 0.15) is 5.75 Å². The van der Waals surface area contributed by atoms with Crippen LogP contribution in [0.25, 0.3) is 0 Å². The largest absolute Gasteiger partial charge is 0.492 e. The molecule has 5 heteroatoms. The Morgan fingerprint density at radius 3 is 2.43 bits per heavy atom. The fraction of sp³-hybridized carbons (Fsp3) is 0.438. The summed E-state index contributed by atoms with van der Waals surface area (Å²) in [5, 5.41) is 9.39. The summed E-state index contributed by atoms with van der Waals surface area (Å²) in [6.07, 6.45) is 3.48. The number of aromatic nitrogens is 1. The zero-order valence-electron chi connectivity index (χ0n) is 12.4. The zero-order valence-corrected chi connectivity index (χ0v) is 12.4. The molecule has 0 fully saturated rings. The molecule has 0 amide bonds. The predicted molar refractivity (Wildman–Crippen MR) is 79.8 cm³/mol. The fourth-order valence-corrected chi connectivity index (χ4v) is 2.14. The van der Waals surface area contributed by atoms with Gasteiger partial charge in [-0.3, -0.25) is 4.98 Å². The number of rotatable bonds is 7. The van der Waals surface area contributed by atoms with E-state index in [2.05, 4.69) is 17.1 Å². The van der Waals surface area contributed by atoms with Gasteiger partial charge in [0.25, 0.3) is 0 Å². The second-order valence-corrected chi connectivity index (χ2v) is 5.30. The van der Waals surface area contributed by atoms with Crippen molar-refractivity contribution in [3.05, 3.63) is 46.1 Å². The number of aromatic amines is 1. The first-order valence-corrected chi connectivity index (χ1v) is 7.21. The van der Waals surface area contributed by atoms with Gasteiger partial charge < -0.3 is 14.3 Å². The third-order valence-corrected chi connectivity index (χ3v) is 3.11. The SMILES string of the molecule is CC(C)Oc1ccc(CCCCc2oc(=O)[nH]c2O)cc1. The lowest BCUT2D eigenvalue weighted by Crippen LogP contribution is -2.05. The van der Waals surface area contributed by atoms with Crippen molar-refractivity contribution in [2.75, 3.05) is 0 Å². The highest BCUT2D eigenvalue weighted by Crippen LogP contribution is 2.17. The van der Waals surface area contributed by atoms with Crippen LogP contribution in [0.15, 0.2) is 33.5 Å². The summed E-state index contributed by atoms with van der Waals surface area (Å²) in [7, 11) is 0. The molecular weight excluding hydrogens is 270 g/mol. The number of aromatic hydroxyl groups is 1. The summed E-state index contributed by atoms with van der Waals surface area (Å²) in [4.78, 5) is 13.1. The van der Waals surface area contributed by atoms with Gasteiger partial charge in [0, 0.05) is 6.42 Å². The predicted octanol–water partition coefficient (Wildman–Crippen LogP) is 3.03. The highest BCUT2D eigenvalue weighted by atomic mass is 16.5. The number of hydrogen-bond donors (Lipinski definition) is 2. The fourth-order valence-electron chi connectivity index (χ4n) is 2.14. The molecule has 2 N–H and O–H groups in total. The highest BCUT2D eigenvalue weighted by molar-refractivity contribution is 5.27. The van der Waals surface area contributed by atoms with Gasteiger partial charge in [-0.25, -0.2) is 4.79 Å². The molecule has 0 bridgehead atoms. The molecule has 21 heavy (non-hydrogen) atoms. The molecule has 1 heterocycles. The molecule has 2 aromatic rings. The Bertz CT molecular complexity index is 610. The van der Waals surface area contributed by atoms with Crippen LogP contribution in [0.5, 0.6) is 11.6 Å². The van der Waals surface area contributed by atoms with E-state index in [1.165, 1.54) is 5.56 Å². The maximum atomic E-state index is 10.9. The normalized spacial score (nSPS) is 11.0. The van der Waals surface area contributed by atoms with E-state index in [9.17, 15) is 9.90 Å². The molecule has 0 unspecified atom stereocenters. The minimum Gasteiger partial charge on any atom is -0.492 e. The quantitative estimate of drug-likeness (QED) is 0.769. The van der Waals surface area contributed by atoms with E-state index in [1.54, 1.807) is 0 Å². The molecule has 1 aromatic heterocycles. The Labute approximate surface area is 123 Å². The summed E-state index contributed by atoms with van der Waals surface area (Å²) in [6, 6.07) is 8.08. The van der Waals surface area contributed by atoms with Crippen molar-refractivity contribution in [2.45, 2.75) is 45.6 Å². The second kappa shape index (κ2) is 7.02. The van der Waals surface area contributed by atoms with E-state index in [4.69, 9.17) is 9.15 Å². The molecule has 5 nitrogen and oxygen atoms in total. The Balaban J connectivity index is 1.76. The molecule has 0 atom stereocenters. The van der Waals surface area contributed by atoms with Crippen molar-refractivity contribution in [3.63, 3.8) is 0 Å². The van der Waals surface area contributed by atoms with Crippen LogP contribution in [-0.2, 0) is 12.8 Å². The van der Waals surface area contributed by atoms with Crippen LogP contribution < -0.4 is 10.5 Å². The average molecular weight is 291 g/mol. The summed E-state index contributed by atoms with van der Waals surface area (Å²) in [6.45, 7) is 4.01. The molecule has 1 aromatic carbocycles. The van der Waals surface area contributed by atoms with Crippen molar-refractivity contribution in [1.82, 2.24) is 4.98 Å². The van der Waals surface area contributed by atoms with Crippen LogP contribution in [0.1, 0.15) is 38.0 Å². The van der Waals surface area contributed by atoms with E-state index >= 15 is 0 Å². The summed E-state index contributed by atoms with van der Waals surface area (Å²) < 4.78 is 10.4. The first-order chi connectivity index (χ1) is 10.0. The minimum absolute atomic E-state index is 0.157. The van der Waals surface area contributed by atoms with Crippen LogP contribution >= 0.6 is 0 Å². The van der Waals surface area contributed by atoms with E-state index < -0.39 is 5.76 Å². The van der Waals surface area contributed by atoms with Gasteiger partial charge in [0.2, 0.25) is 5.88 Å². The second-order valence-electron chi connectivity index (χ2n) is 5.30. The molecule has 0 radical (unpaired) electrons. The Morgan fingerprint density at radius 1 is 1.19 bits per heavy atom. The molecule has 0 aliphatic carbocycles. The van der Waals surface area contributed by atoms with E-state index in [-0.39, 0.29) is 12.0 Å². The Morgan fingerprint density at radius 2 is 1.86 bits per heavy atom. The number of ether oxygens (including phenoxy) is 1. The maximum absolute atomic E-state index is 10.9. The van der Waals surface area contributed by atoms with Gasteiger partial charge in [0.05, 0.1) is 6.10 Å². The third-order valence-electron chi connectivity index (χ3n) is 3.11. The topological polar surface area (TPSA) is 75.5 Å². The minimum atomic E-state index is -0.608. The molecule has 0 aliphatic rings. The van der Waals surface area contributed by atoms with E-state index in [0.717, 1.165) is 25.0 Å². The van der Waals surface area contributed by atoms with Crippen LogP contribution in [0.3, 0.4) is 0 Å². The van der Waals surface area contributed by atoms with Gasteiger partial charge in [-0.05, 0) is 50.8 Å². The van der Waals surface area contributed by atoms with E-state index in [0.29, 0.717) is 12.2 Å². The van der Waals surface area contributed by atoms with Crippen LogP contribution in [0.2, 0.25) is 0 Å². The number of unbranched alkanes of at least 4 members (excludes halogenated alkanes) is 1. The summed E-state index contributed by atoms with van der Waals surface area (Å²) >= 11 is 0. The van der Waals surface area contributed by atoms with Gasteiger partial charge >= 0.3 is 5.76 Å². The summed E-state index contributed by atoms with van der Waals surface area (Å²) in [5.41, 5.74) is 1.24. The number of H-pyrrole nitrogens is 1. The number of nitrogens with one attached hydrogen (secondary N) is 1. The number of oxazole rings is 1. The van der Waals surface area contributed by atoms with Crippen molar-refractivity contribution < 1.29 is 14.3 Å². The van der Waals surface area contributed by atoms with Crippen molar-refractivity contribution in [1.29, 1.82) is 0 Å². The van der Waals surface area contributed by atoms with Gasteiger partial charge in [-0.1, -0.05) is 12.1 Å². The lowest BCUT2D eigenvalue weighted by molar-refractivity contribution is 0.242. The molecule has 0 aliphatic heterocycles. The van der Waals surface area contributed by atoms with E-state index in [1.807, 2.05) is 26.0 Å². The van der Waals surface area contributed by atoms with Crippen LogP contribution in [0.4, 0.5) is 0 Å². The Hall–Kier alpha value is -2.17. The van der Waals surface area contributed by atoms with Gasteiger partial charge in [-0.15, -0.1) is 0 Å². The molecular formula is C16H21NO4. The monoisotopic (exact) mass is 291 g/mol. The Kier molecular flexibility index (Phi) is 5.09. The van der Waals surface area contributed by atoms with Crippen molar-refractivity contribution in [3.8, 4) is 11.6 Å². The van der Waals surface area contributed by atoms with Crippen LogP contribution in [-0.4, -0.2) is 16.2 Å². The number of hydrogen-bond acceptors (Lipinski definition) is 4. The zero-order chi connectivity index (χ0) is 15.2. The third kappa shape index (κ3) is 4.70. The first kappa shape index (κ1) is 15.2. The molecule has 0 saturated heterocycles. The van der Waals surface area contributed by atoms with Crippen molar-refractivity contribution >= 4 is 0 Å². The van der Waals surface area contributed by atoms with Gasteiger partial charge in [0.15, 0.2) is 5.76 Å². The summed E-state index contributed by atoms with van der Waals surface area (Å²) in [5.74, 6) is 0.451. The average Bonchev–Trinajstić information content (AvgIpc) is 2.74.